The maximum atomic E-state index is 13.1. The Morgan fingerprint density at radius 3 is 2.36 bits per heavy atom. The second kappa shape index (κ2) is 11.8. The van der Waals surface area contributed by atoms with Crippen LogP contribution in [0.5, 0.6) is 5.75 Å². The zero-order valence-corrected chi connectivity index (χ0v) is 22.2. The van der Waals surface area contributed by atoms with Gasteiger partial charge in [0, 0.05) is 55.6 Å². The molecule has 0 radical (unpaired) electrons. The van der Waals surface area contributed by atoms with Crippen LogP contribution in [0.15, 0.2) is 90.0 Å². The average molecular weight is 547 g/mol. The van der Waals surface area contributed by atoms with Crippen LogP contribution in [0.1, 0.15) is 15.9 Å². The van der Waals surface area contributed by atoms with E-state index in [-0.39, 0.29) is 24.0 Å². The number of rotatable bonds is 9. The van der Waals surface area contributed by atoms with Crippen LogP contribution < -0.4 is 9.46 Å². The number of carbonyl (C=O) groups is 1. The van der Waals surface area contributed by atoms with Gasteiger partial charge in [-0.25, -0.2) is 8.42 Å². The Hall–Kier alpha value is -3.99. The van der Waals surface area contributed by atoms with Crippen LogP contribution in [-0.2, 0) is 16.6 Å². The van der Waals surface area contributed by atoms with Gasteiger partial charge in [-0.3, -0.25) is 19.4 Å². The molecule has 39 heavy (non-hydrogen) atoms. The number of sulfonamides is 1. The number of aliphatic hydroxyl groups is 1. The summed E-state index contributed by atoms with van der Waals surface area (Å²) in [6, 6.07) is 22.9. The minimum Gasteiger partial charge on any atom is -0.491 e. The molecule has 0 saturated carbocycles. The summed E-state index contributed by atoms with van der Waals surface area (Å²) in [5, 5.41) is 9.61. The van der Waals surface area contributed by atoms with Gasteiger partial charge in [0.25, 0.3) is 15.9 Å². The molecule has 0 unspecified atom stereocenters. The number of aromatic nitrogens is 1. The number of pyridine rings is 1. The number of nitrogens with zero attached hydrogens (tertiary/aromatic N) is 3. The molecule has 0 bridgehead atoms. The third kappa shape index (κ3) is 6.36. The number of piperazine rings is 1. The SMILES string of the molecule is O=C(c1ccc(NS(=O)(=O)c2cccc3cccnc23)cc1)N1CCN(Cc2ccc(OCCO)cc2)CC1. The van der Waals surface area contributed by atoms with Gasteiger partial charge in [0.05, 0.1) is 12.1 Å². The highest BCUT2D eigenvalue weighted by Crippen LogP contribution is 2.24. The lowest BCUT2D eigenvalue weighted by molar-refractivity contribution is 0.0628. The molecule has 1 aromatic heterocycles. The number of fused-ring (bicyclic) bond motifs is 1. The molecule has 10 heteroatoms. The van der Waals surface area contributed by atoms with Gasteiger partial charge in [0.2, 0.25) is 0 Å². The fraction of sp³-hybridized carbons (Fsp3) is 0.241. The van der Waals surface area contributed by atoms with E-state index in [0.717, 1.165) is 36.3 Å². The first-order valence-corrected chi connectivity index (χ1v) is 14.2. The fourth-order valence-electron chi connectivity index (χ4n) is 4.59. The van der Waals surface area contributed by atoms with E-state index in [4.69, 9.17) is 9.84 Å². The second-order valence-electron chi connectivity index (χ2n) is 9.30. The normalized spacial score (nSPS) is 14.3. The van der Waals surface area contributed by atoms with Crippen molar-refractivity contribution in [1.82, 2.24) is 14.8 Å². The maximum Gasteiger partial charge on any atom is 0.264 e. The number of carbonyl (C=O) groups excluding carboxylic acids is 1. The highest BCUT2D eigenvalue weighted by atomic mass is 32.2. The van der Waals surface area contributed by atoms with Crippen molar-refractivity contribution < 1.29 is 23.1 Å². The molecule has 9 nitrogen and oxygen atoms in total. The Labute approximate surface area is 227 Å². The van der Waals surface area contributed by atoms with Crippen LogP contribution in [0.3, 0.4) is 0 Å². The van der Waals surface area contributed by atoms with E-state index in [1.165, 1.54) is 6.07 Å². The highest BCUT2D eigenvalue weighted by molar-refractivity contribution is 7.93. The molecule has 1 saturated heterocycles. The molecule has 4 aromatic rings. The minimum absolute atomic E-state index is 0.0164. The van der Waals surface area contributed by atoms with Crippen LogP contribution in [0, 0.1) is 0 Å². The van der Waals surface area contributed by atoms with Crippen molar-refractivity contribution in [3.8, 4) is 5.75 Å². The molecule has 0 atom stereocenters. The van der Waals surface area contributed by atoms with Crippen LogP contribution in [0.25, 0.3) is 10.9 Å². The number of benzene rings is 3. The first-order valence-electron chi connectivity index (χ1n) is 12.7. The van der Waals surface area contributed by atoms with Crippen molar-refractivity contribution in [2.75, 3.05) is 44.1 Å². The van der Waals surface area contributed by atoms with E-state index in [2.05, 4.69) is 14.6 Å². The van der Waals surface area contributed by atoms with E-state index in [1.807, 2.05) is 41.3 Å². The third-order valence-corrected chi connectivity index (χ3v) is 8.03. The molecule has 0 spiro atoms. The predicted molar refractivity (Wildman–Crippen MR) is 149 cm³/mol. The third-order valence-electron chi connectivity index (χ3n) is 6.62. The summed E-state index contributed by atoms with van der Waals surface area (Å²) < 4.78 is 34.1. The summed E-state index contributed by atoms with van der Waals surface area (Å²) >= 11 is 0. The zero-order valence-electron chi connectivity index (χ0n) is 21.4. The highest BCUT2D eigenvalue weighted by Gasteiger charge is 2.23. The monoisotopic (exact) mass is 546 g/mol. The van der Waals surface area contributed by atoms with Crippen molar-refractivity contribution in [3.63, 3.8) is 0 Å². The van der Waals surface area contributed by atoms with Crippen LogP contribution in [-0.4, -0.2) is 73.6 Å². The molecule has 2 heterocycles. The Morgan fingerprint density at radius 2 is 1.64 bits per heavy atom. The smallest absolute Gasteiger partial charge is 0.264 e. The number of aliphatic hydroxyl groups excluding tert-OH is 1. The summed E-state index contributed by atoms with van der Waals surface area (Å²) in [7, 11) is -3.86. The zero-order chi connectivity index (χ0) is 27.2. The van der Waals surface area contributed by atoms with Gasteiger partial charge in [0.1, 0.15) is 17.3 Å². The molecule has 0 aliphatic carbocycles. The lowest BCUT2D eigenvalue weighted by Gasteiger charge is -2.34. The van der Waals surface area contributed by atoms with Gasteiger partial charge in [0.15, 0.2) is 0 Å². The first kappa shape index (κ1) is 26.6. The van der Waals surface area contributed by atoms with Gasteiger partial charge in [-0.1, -0.05) is 30.3 Å². The standard InChI is InChI=1S/C29H30N4O5S/c34-19-20-38-26-12-6-22(7-13-26)21-32-15-17-33(18-16-32)29(35)24-8-10-25(11-9-24)31-39(36,37)27-5-1-3-23-4-2-14-30-28(23)27/h1-14,31,34H,15-21H2. The number of hydrogen-bond acceptors (Lipinski definition) is 7. The van der Waals surface area contributed by atoms with E-state index < -0.39 is 10.0 Å². The number of hydrogen-bond donors (Lipinski definition) is 2. The summed E-state index contributed by atoms with van der Waals surface area (Å²) in [6.07, 6.45) is 1.57. The van der Waals surface area contributed by atoms with Gasteiger partial charge in [-0.2, -0.15) is 0 Å². The summed E-state index contributed by atoms with van der Waals surface area (Å²) in [5.74, 6) is 0.653. The Morgan fingerprint density at radius 1 is 0.923 bits per heavy atom. The molecule has 3 aromatic carbocycles. The molecule has 202 valence electrons. The molecular formula is C29H30N4O5S. The maximum absolute atomic E-state index is 13.1. The lowest BCUT2D eigenvalue weighted by Crippen LogP contribution is -2.48. The van der Waals surface area contributed by atoms with Gasteiger partial charge >= 0.3 is 0 Å². The van der Waals surface area contributed by atoms with Crippen molar-refractivity contribution in [1.29, 1.82) is 0 Å². The van der Waals surface area contributed by atoms with E-state index >= 15 is 0 Å². The molecule has 5 rings (SSSR count). The van der Waals surface area contributed by atoms with E-state index in [0.29, 0.717) is 29.9 Å². The van der Waals surface area contributed by atoms with Crippen molar-refractivity contribution in [3.05, 3.63) is 96.2 Å². The predicted octanol–water partition coefficient (Wildman–Crippen LogP) is 3.36. The van der Waals surface area contributed by atoms with Crippen LogP contribution in [0.4, 0.5) is 5.69 Å². The number of amides is 1. The molecule has 1 aliphatic heterocycles. The largest absolute Gasteiger partial charge is 0.491 e. The van der Waals surface area contributed by atoms with Gasteiger partial charge in [-0.15, -0.1) is 0 Å². The minimum atomic E-state index is -3.86. The van der Waals surface area contributed by atoms with Crippen LogP contribution >= 0.6 is 0 Å². The average Bonchev–Trinajstić information content (AvgIpc) is 2.97. The molecular weight excluding hydrogens is 516 g/mol. The molecule has 1 amide bonds. The summed E-state index contributed by atoms with van der Waals surface area (Å²) in [5.41, 5.74) is 2.44. The Kier molecular flexibility index (Phi) is 8.06. The summed E-state index contributed by atoms with van der Waals surface area (Å²) in [6.45, 7) is 3.77. The van der Waals surface area contributed by atoms with Gasteiger partial charge in [-0.05, 0) is 54.1 Å². The number of anilines is 1. The second-order valence-corrected chi connectivity index (χ2v) is 10.9. The van der Waals surface area contributed by atoms with E-state index in [1.54, 1.807) is 42.6 Å². The Bertz CT molecular complexity index is 1530. The molecule has 1 aliphatic rings. The topological polar surface area (TPSA) is 112 Å². The van der Waals surface area contributed by atoms with Gasteiger partial charge < -0.3 is 14.7 Å². The Balaban J connectivity index is 1.16. The number of ether oxygens (including phenoxy) is 1. The quantitative estimate of drug-likeness (QED) is 0.331. The van der Waals surface area contributed by atoms with Crippen molar-refractivity contribution in [2.24, 2.45) is 0 Å². The van der Waals surface area contributed by atoms with Crippen molar-refractivity contribution >= 4 is 32.5 Å². The lowest BCUT2D eigenvalue weighted by atomic mass is 10.1. The van der Waals surface area contributed by atoms with E-state index in [9.17, 15) is 13.2 Å². The first-order chi connectivity index (χ1) is 18.9. The van der Waals surface area contributed by atoms with Crippen molar-refractivity contribution in [2.45, 2.75) is 11.4 Å². The molecule has 1 fully saturated rings. The number of nitrogens with one attached hydrogen (secondary N) is 1. The number of para-hydroxylation sites is 1. The summed E-state index contributed by atoms with van der Waals surface area (Å²) in [4.78, 5) is 21.5. The van der Waals surface area contributed by atoms with Crippen LogP contribution in [0.2, 0.25) is 0 Å². The molecule has 2 N–H and O–H groups in total. The fourth-order valence-corrected chi connectivity index (χ4v) is 5.83.